The molecule has 0 radical (unpaired) electrons. The maximum Gasteiger partial charge on any atom is 0.419 e. The fourth-order valence-corrected chi connectivity index (χ4v) is 4.07. The molecule has 1 aliphatic heterocycles. The van der Waals surface area contributed by atoms with Gasteiger partial charge in [0.1, 0.15) is 11.6 Å². The average Bonchev–Trinajstić information content (AvgIpc) is 3.26. The van der Waals surface area contributed by atoms with E-state index < -0.39 is 17.5 Å². The number of Topliss-reactive ketones (excluding diaryl/α,β-unsaturated/α-hetero) is 1. The van der Waals surface area contributed by atoms with E-state index in [2.05, 4.69) is 10.3 Å². The predicted octanol–water partition coefficient (Wildman–Crippen LogP) is 5.32. The Morgan fingerprint density at radius 1 is 1.18 bits per heavy atom. The second kappa shape index (κ2) is 6.77. The van der Waals surface area contributed by atoms with E-state index >= 15 is 0 Å². The minimum Gasteiger partial charge on any atom is -0.361 e. The Labute approximate surface area is 162 Å². The van der Waals surface area contributed by atoms with Gasteiger partial charge in [0.25, 0.3) is 0 Å². The van der Waals surface area contributed by atoms with Crippen LogP contribution in [0.2, 0.25) is 0 Å². The second-order valence-corrected chi connectivity index (χ2v) is 7.14. The van der Waals surface area contributed by atoms with Crippen LogP contribution in [0, 0.1) is 11.3 Å². The van der Waals surface area contributed by atoms with Crippen LogP contribution in [0.3, 0.4) is 0 Å². The molecule has 28 heavy (non-hydrogen) atoms. The number of carbonyl (C=O) groups is 1. The number of aromatic nitrogens is 1. The first-order chi connectivity index (χ1) is 13.4. The number of alkyl halides is 3. The molecule has 0 unspecified atom stereocenters. The number of hydrogen-bond acceptors (Lipinski definition) is 4. The molecule has 4 nitrogen and oxygen atoms in total. The first-order valence-electron chi connectivity index (χ1n) is 8.23. The third kappa shape index (κ3) is 3.14. The highest BCUT2D eigenvalue weighted by Gasteiger charge is 2.37. The SMILES string of the molecule is N#CC1=C(Nc2cccc(-c3ccc4cc[nH]c4c3)c2C(F)(F)F)SCC1=O. The molecule has 0 bridgehead atoms. The first kappa shape index (κ1) is 18.2. The highest BCUT2D eigenvalue weighted by molar-refractivity contribution is 8.04. The molecule has 4 rings (SSSR count). The quantitative estimate of drug-likeness (QED) is 0.626. The van der Waals surface area contributed by atoms with Crippen LogP contribution in [0.4, 0.5) is 18.9 Å². The average molecular weight is 399 g/mol. The number of nitriles is 1. The van der Waals surface area contributed by atoms with Crippen LogP contribution in [-0.2, 0) is 11.0 Å². The third-order valence-electron chi connectivity index (χ3n) is 4.43. The molecule has 2 heterocycles. The summed E-state index contributed by atoms with van der Waals surface area (Å²) in [5.41, 5.74) is -0.0167. The van der Waals surface area contributed by atoms with Crippen LogP contribution in [0.15, 0.2) is 59.3 Å². The normalized spacial score (nSPS) is 14.6. The minimum atomic E-state index is -4.63. The number of ketones is 1. The Kier molecular flexibility index (Phi) is 4.40. The molecule has 1 aromatic heterocycles. The zero-order valence-corrected chi connectivity index (χ0v) is 15.0. The van der Waals surface area contributed by atoms with Crippen molar-refractivity contribution >= 4 is 34.1 Å². The van der Waals surface area contributed by atoms with E-state index in [1.807, 2.05) is 6.07 Å². The summed E-state index contributed by atoms with van der Waals surface area (Å²) in [6.45, 7) is 0. The van der Waals surface area contributed by atoms with Crippen LogP contribution < -0.4 is 5.32 Å². The van der Waals surface area contributed by atoms with Crippen molar-refractivity contribution in [1.82, 2.24) is 4.98 Å². The van der Waals surface area contributed by atoms with Gasteiger partial charge in [-0.2, -0.15) is 18.4 Å². The van der Waals surface area contributed by atoms with E-state index in [4.69, 9.17) is 5.26 Å². The van der Waals surface area contributed by atoms with Gasteiger partial charge in [-0.15, -0.1) is 0 Å². The maximum atomic E-state index is 14.0. The predicted molar refractivity (Wildman–Crippen MR) is 102 cm³/mol. The molecule has 0 amide bonds. The lowest BCUT2D eigenvalue weighted by molar-refractivity contribution is -0.136. The van der Waals surface area contributed by atoms with E-state index in [1.54, 1.807) is 30.5 Å². The number of carbonyl (C=O) groups excluding carboxylic acids is 1. The van der Waals surface area contributed by atoms with Gasteiger partial charge in [0.05, 0.1) is 22.0 Å². The minimum absolute atomic E-state index is 0.0161. The first-order valence-corrected chi connectivity index (χ1v) is 9.22. The van der Waals surface area contributed by atoms with Gasteiger partial charge in [-0.1, -0.05) is 36.0 Å². The molecule has 2 aromatic carbocycles. The number of H-pyrrole nitrogens is 1. The second-order valence-electron chi connectivity index (χ2n) is 6.16. The number of thioether (sulfide) groups is 1. The highest BCUT2D eigenvalue weighted by atomic mass is 32.2. The summed E-state index contributed by atoms with van der Waals surface area (Å²) < 4.78 is 41.9. The van der Waals surface area contributed by atoms with Crippen molar-refractivity contribution in [3.8, 4) is 17.2 Å². The summed E-state index contributed by atoms with van der Waals surface area (Å²) in [6.07, 6.45) is -2.91. The van der Waals surface area contributed by atoms with Crippen molar-refractivity contribution in [2.45, 2.75) is 6.18 Å². The largest absolute Gasteiger partial charge is 0.419 e. The molecule has 1 aliphatic rings. The van der Waals surface area contributed by atoms with E-state index in [-0.39, 0.29) is 27.6 Å². The fraction of sp³-hybridized carbons (Fsp3) is 0.100. The molecule has 0 saturated heterocycles. The van der Waals surface area contributed by atoms with Crippen LogP contribution in [-0.4, -0.2) is 16.5 Å². The van der Waals surface area contributed by atoms with Gasteiger partial charge in [-0.25, -0.2) is 0 Å². The monoisotopic (exact) mass is 399 g/mol. The summed E-state index contributed by atoms with van der Waals surface area (Å²) in [6, 6.07) is 12.9. The summed E-state index contributed by atoms with van der Waals surface area (Å²) in [7, 11) is 0. The number of nitrogens with zero attached hydrogens (tertiary/aromatic N) is 1. The fourth-order valence-electron chi connectivity index (χ4n) is 3.16. The van der Waals surface area contributed by atoms with Gasteiger partial charge < -0.3 is 10.3 Å². The Bertz CT molecular complexity index is 1170. The Balaban J connectivity index is 1.87. The van der Waals surface area contributed by atoms with Crippen molar-refractivity contribution in [2.24, 2.45) is 0 Å². The number of halogens is 3. The zero-order valence-electron chi connectivity index (χ0n) is 14.2. The number of anilines is 1. The summed E-state index contributed by atoms with van der Waals surface area (Å²) in [5.74, 6) is -0.354. The Hall–Kier alpha value is -3.18. The van der Waals surface area contributed by atoms with E-state index in [0.717, 1.165) is 22.7 Å². The lowest BCUT2D eigenvalue weighted by Crippen LogP contribution is -2.12. The molecule has 140 valence electrons. The Morgan fingerprint density at radius 3 is 2.75 bits per heavy atom. The van der Waals surface area contributed by atoms with Crippen molar-refractivity contribution in [1.29, 1.82) is 5.26 Å². The summed E-state index contributed by atoms with van der Waals surface area (Å²) in [4.78, 5) is 14.7. The highest BCUT2D eigenvalue weighted by Crippen LogP contribution is 2.43. The molecule has 8 heteroatoms. The number of fused-ring (bicyclic) bond motifs is 1. The van der Waals surface area contributed by atoms with Gasteiger partial charge in [-0.05, 0) is 34.7 Å². The summed E-state index contributed by atoms with van der Waals surface area (Å²) in [5, 5.41) is 12.8. The number of allylic oxidation sites excluding steroid dienone is 1. The number of rotatable bonds is 3. The number of aromatic amines is 1. The van der Waals surface area contributed by atoms with Crippen molar-refractivity contribution < 1.29 is 18.0 Å². The number of hydrogen-bond donors (Lipinski definition) is 2. The Morgan fingerprint density at radius 2 is 2.00 bits per heavy atom. The lowest BCUT2D eigenvalue weighted by Gasteiger charge is -2.19. The van der Waals surface area contributed by atoms with E-state index in [1.165, 1.54) is 18.2 Å². The van der Waals surface area contributed by atoms with Crippen molar-refractivity contribution in [3.05, 3.63) is 64.8 Å². The number of nitrogens with one attached hydrogen (secondary N) is 2. The zero-order chi connectivity index (χ0) is 19.9. The van der Waals surface area contributed by atoms with Gasteiger partial charge >= 0.3 is 6.18 Å². The van der Waals surface area contributed by atoms with Crippen LogP contribution in [0.25, 0.3) is 22.0 Å². The smallest absolute Gasteiger partial charge is 0.361 e. The molecule has 0 fully saturated rings. The molecular formula is C20H12F3N3OS. The third-order valence-corrected chi connectivity index (χ3v) is 5.43. The molecule has 0 spiro atoms. The summed E-state index contributed by atoms with van der Waals surface area (Å²) >= 11 is 1.03. The van der Waals surface area contributed by atoms with Gasteiger partial charge in [0.2, 0.25) is 0 Å². The molecule has 0 aliphatic carbocycles. The van der Waals surface area contributed by atoms with Gasteiger partial charge in [0, 0.05) is 11.7 Å². The van der Waals surface area contributed by atoms with Crippen molar-refractivity contribution in [2.75, 3.05) is 11.1 Å². The van der Waals surface area contributed by atoms with Crippen LogP contribution in [0.1, 0.15) is 5.56 Å². The van der Waals surface area contributed by atoms with Crippen LogP contribution in [0.5, 0.6) is 0 Å². The van der Waals surface area contributed by atoms with E-state index in [9.17, 15) is 18.0 Å². The van der Waals surface area contributed by atoms with Gasteiger partial charge in [-0.3, -0.25) is 4.79 Å². The molecular weight excluding hydrogens is 387 g/mol. The van der Waals surface area contributed by atoms with E-state index in [0.29, 0.717) is 5.56 Å². The molecule has 0 atom stereocenters. The van der Waals surface area contributed by atoms with Crippen molar-refractivity contribution in [3.63, 3.8) is 0 Å². The molecule has 3 aromatic rings. The van der Waals surface area contributed by atoms with Crippen LogP contribution >= 0.6 is 11.8 Å². The lowest BCUT2D eigenvalue weighted by atomic mass is 9.97. The number of benzene rings is 2. The molecule has 2 N–H and O–H groups in total. The maximum absolute atomic E-state index is 14.0. The van der Waals surface area contributed by atoms with Gasteiger partial charge in [0.15, 0.2) is 5.78 Å². The topological polar surface area (TPSA) is 68.7 Å². The standard InChI is InChI=1S/C20H12F3N3OS/c21-20(22,23)18-13(12-5-4-11-6-7-25-16(11)8-12)2-1-3-15(18)26-19-14(9-24)17(27)10-28-19/h1-8,25-26H,10H2. The molecule has 0 saturated carbocycles.